The van der Waals surface area contributed by atoms with Crippen LogP contribution in [0.3, 0.4) is 0 Å². The van der Waals surface area contributed by atoms with E-state index in [2.05, 4.69) is 35.8 Å². The van der Waals surface area contributed by atoms with Crippen LogP contribution in [0.1, 0.15) is 21.7 Å². The number of hydrogen-bond donors (Lipinski definition) is 2. The number of nitrogens with one attached hydrogen (secondary N) is 1. The predicted molar refractivity (Wildman–Crippen MR) is 113 cm³/mol. The van der Waals surface area contributed by atoms with E-state index in [1.807, 2.05) is 6.07 Å². The molecule has 0 unspecified atom stereocenters. The van der Waals surface area contributed by atoms with Crippen molar-refractivity contribution in [3.8, 4) is 11.6 Å². The van der Waals surface area contributed by atoms with Crippen LogP contribution in [0.2, 0.25) is 0 Å². The van der Waals surface area contributed by atoms with Crippen molar-refractivity contribution < 1.29 is 19.1 Å². The minimum absolute atomic E-state index is 0.0441. The van der Waals surface area contributed by atoms with E-state index < -0.39 is 10.8 Å². The van der Waals surface area contributed by atoms with E-state index in [-0.39, 0.29) is 35.3 Å². The van der Waals surface area contributed by atoms with Crippen LogP contribution in [-0.2, 0) is 6.61 Å². The van der Waals surface area contributed by atoms with Crippen LogP contribution >= 0.6 is 0 Å². The average molecular weight is 449 g/mol. The molecule has 0 radical (unpaired) electrons. The molecule has 0 fully saturated rings. The van der Waals surface area contributed by atoms with Gasteiger partial charge < -0.3 is 10.5 Å². The summed E-state index contributed by atoms with van der Waals surface area (Å²) in [5, 5.41) is 29.6. The first-order valence-corrected chi connectivity index (χ1v) is 9.31. The standard InChI is InChI=1S/C19H15N9O5/c20-17-18(25-33-24-17)27-15(11-32-14-4-2-1-3-5-14)16(22-26-27)19(29)23-21-10-12-6-8-13(9-7-12)28(30)31/h1-10H,11H2,(H2,20,24)(H,23,29). The van der Waals surface area contributed by atoms with E-state index in [0.29, 0.717) is 11.3 Å². The van der Waals surface area contributed by atoms with Crippen LogP contribution in [0.5, 0.6) is 5.75 Å². The maximum absolute atomic E-state index is 12.7. The molecule has 0 saturated carbocycles. The molecule has 0 bridgehead atoms. The Morgan fingerprint density at radius 3 is 2.64 bits per heavy atom. The summed E-state index contributed by atoms with van der Waals surface area (Å²) in [5.41, 5.74) is 8.70. The summed E-state index contributed by atoms with van der Waals surface area (Å²) in [4.78, 5) is 22.9. The van der Waals surface area contributed by atoms with Gasteiger partial charge in [0, 0.05) is 12.1 Å². The Balaban J connectivity index is 1.54. The molecule has 4 aromatic rings. The molecule has 0 atom stereocenters. The van der Waals surface area contributed by atoms with Crippen molar-refractivity contribution in [1.82, 2.24) is 30.7 Å². The number of nitrogens with two attached hydrogens (primary N) is 1. The molecule has 3 N–H and O–H groups in total. The van der Waals surface area contributed by atoms with E-state index in [4.69, 9.17) is 10.5 Å². The number of carbonyl (C=O) groups is 1. The van der Waals surface area contributed by atoms with Crippen LogP contribution in [0.25, 0.3) is 5.82 Å². The number of nitrogens with zero attached hydrogens (tertiary/aromatic N) is 7. The molecule has 0 saturated heterocycles. The van der Waals surface area contributed by atoms with Crippen LogP contribution in [-0.4, -0.2) is 42.4 Å². The number of benzene rings is 2. The van der Waals surface area contributed by atoms with Crippen LogP contribution < -0.4 is 15.9 Å². The van der Waals surface area contributed by atoms with Gasteiger partial charge in [-0.1, -0.05) is 23.4 Å². The van der Waals surface area contributed by atoms with Gasteiger partial charge in [0.05, 0.1) is 11.1 Å². The number of amides is 1. The quantitative estimate of drug-likeness (QED) is 0.226. The summed E-state index contributed by atoms with van der Waals surface area (Å²) in [6, 6.07) is 14.5. The number of anilines is 1. The number of carbonyl (C=O) groups excluding carboxylic acids is 1. The third-order valence-corrected chi connectivity index (χ3v) is 4.28. The Bertz CT molecular complexity index is 1300. The lowest BCUT2D eigenvalue weighted by Gasteiger charge is -2.08. The van der Waals surface area contributed by atoms with Gasteiger partial charge in [0.15, 0.2) is 5.69 Å². The highest BCUT2D eigenvalue weighted by Crippen LogP contribution is 2.18. The lowest BCUT2D eigenvalue weighted by Crippen LogP contribution is -2.21. The number of nitrogen functional groups attached to an aromatic ring is 1. The van der Waals surface area contributed by atoms with E-state index in [9.17, 15) is 14.9 Å². The molecule has 0 aliphatic carbocycles. The average Bonchev–Trinajstić information content (AvgIpc) is 3.44. The number of para-hydroxylation sites is 1. The smallest absolute Gasteiger partial charge is 0.293 e. The second-order valence-electron chi connectivity index (χ2n) is 6.42. The predicted octanol–water partition coefficient (Wildman–Crippen LogP) is 1.48. The first kappa shape index (κ1) is 21.1. The lowest BCUT2D eigenvalue weighted by atomic mass is 10.2. The molecule has 4 rings (SSSR count). The van der Waals surface area contributed by atoms with E-state index >= 15 is 0 Å². The molecule has 33 heavy (non-hydrogen) atoms. The van der Waals surface area contributed by atoms with Crippen molar-refractivity contribution in [3.63, 3.8) is 0 Å². The Hall–Kier alpha value is -5.14. The molecule has 0 aliphatic heterocycles. The summed E-state index contributed by atoms with van der Waals surface area (Å²) in [5.74, 6) is -0.133. The number of nitro benzene ring substituents is 1. The summed E-state index contributed by atoms with van der Waals surface area (Å²) in [6.45, 7) is -0.0991. The van der Waals surface area contributed by atoms with Gasteiger partial charge in [0.1, 0.15) is 18.1 Å². The Kier molecular flexibility index (Phi) is 5.97. The third kappa shape index (κ3) is 4.79. The van der Waals surface area contributed by atoms with Gasteiger partial charge in [-0.15, -0.1) is 5.10 Å². The molecule has 2 aromatic heterocycles. The molecule has 0 aliphatic rings. The Morgan fingerprint density at radius 1 is 1.21 bits per heavy atom. The van der Waals surface area contributed by atoms with Crippen LogP contribution in [0.4, 0.5) is 11.5 Å². The molecule has 166 valence electrons. The van der Waals surface area contributed by atoms with E-state index in [1.54, 1.807) is 24.3 Å². The van der Waals surface area contributed by atoms with Gasteiger partial charge >= 0.3 is 0 Å². The van der Waals surface area contributed by atoms with Gasteiger partial charge in [0.25, 0.3) is 11.6 Å². The number of hydrogen-bond acceptors (Lipinski definition) is 11. The number of ether oxygens (including phenoxy) is 1. The molecule has 2 heterocycles. The minimum atomic E-state index is -0.680. The van der Waals surface area contributed by atoms with Crippen molar-refractivity contribution >= 4 is 23.6 Å². The molecular formula is C19H15N9O5. The fourth-order valence-corrected chi connectivity index (χ4v) is 2.68. The van der Waals surface area contributed by atoms with E-state index in [0.717, 1.165) is 0 Å². The monoisotopic (exact) mass is 449 g/mol. The number of hydrazone groups is 1. The Morgan fingerprint density at radius 2 is 1.97 bits per heavy atom. The lowest BCUT2D eigenvalue weighted by molar-refractivity contribution is -0.384. The molecule has 14 nitrogen and oxygen atoms in total. The van der Waals surface area contributed by atoms with Gasteiger partial charge in [-0.3, -0.25) is 14.9 Å². The molecular weight excluding hydrogens is 434 g/mol. The number of rotatable bonds is 8. The normalized spacial score (nSPS) is 10.9. The van der Waals surface area contributed by atoms with Gasteiger partial charge in [-0.2, -0.15) is 9.78 Å². The first-order chi connectivity index (χ1) is 16.0. The summed E-state index contributed by atoms with van der Waals surface area (Å²) in [7, 11) is 0. The summed E-state index contributed by atoms with van der Waals surface area (Å²) in [6.07, 6.45) is 1.33. The van der Waals surface area contributed by atoms with Gasteiger partial charge in [0.2, 0.25) is 11.6 Å². The molecule has 14 heteroatoms. The SMILES string of the molecule is Nc1nonc1-n1nnc(C(=O)NN=Cc2ccc([N+](=O)[O-])cc2)c1COc1ccccc1. The summed E-state index contributed by atoms with van der Waals surface area (Å²) < 4.78 is 11.5. The maximum Gasteiger partial charge on any atom is 0.293 e. The van der Waals surface area contributed by atoms with E-state index in [1.165, 1.54) is 35.2 Å². The molecule has 0 spiro atoms. The number of non-ortho nitro benzene ring substituents is 1. The highest BCUT2D eigenvalue weighted by Gasteiger charge is 2.24. The fraction of sp³-hybridized carbons (Fsp3) is 0.0526. The highest BCUT2D eigenvalue weighted by molar-refractivity contribution is 5.94. The zero-order valence-corrected chi connectivity index (χ0v) is 16.7. The zero-order chi connectivity index (χ0) is 23.2. The summed E-state index contributed by atoms with van der Waals surface area (Å²) >= 11 is 0. The first-order valence-electron chi connectivity index (χ1n) is 9.31. The second kappa shape index (κ2) is 9.34. The molecule has 2 aromatic carbocycles. The van der Waals surface area contributed by atoms with Crippen molar-refractivity contribution in [2.75, 3.05) is 5.73 Å². The van der Waals surface area contributed by atoms with Crippen molar-refractivity contribution in [2.24, 2.45) is 5.10 Å². The van der Waals surface area contributed by atoms with Gasteiger partial charge in [-0.05, 0) is 40.1 Å². The highest BCUT2D eigenvalue weighted by atomic mass is 16.6. The third-order valence-electron chi connectivity index (χ3n) is 4.28. The number of nitro groups is 1. The second-order valence-corrected chi connectivity index (χ2v) is 6.42. The van der Waals surface area contributed by atoms with Crippen molar-refractivity contribution in [3.05, 3.63) is 81.7 Å². The van der Waals surface area contributed by atoms with Crippen LogP contribution in [0.15, 0.2) is 64.3 Å². The maximum atomic E-state index is 12.7. The minimum Gasteiger partial charge on any atom is -0.487 e. The van der Waals surface area contributed by atoms with Gasteiger partial charge in [-0.25, -0.2) is 10.1 Å². The topological polar surface area (TPSA) is 189 Å². The Labute approximate surface area is 184 Å². The number of aromatic nitrogens is 5. The van der Waals surface area contributed by atoms with Crippen molar-refractivity contribution in [1.29, 1.82) is 0 Å². The molecule has 1 amide bonds. The zero-order valence-electron chi connectivity index (χ0n) is 16.7. The van der Waals surface area contributed by atoms with Crippen molar-refractivity contribution in [2.45, 2.75) is 6.61 Å². The largest absolute Gasteiger partial charge is 0.487 e. The fourth-order valence-electron chi connectivity index (χ4n) is 2.68. The van der Waals surface area contributed by atoms with Crippen LogP contribution in [0, 0.1) is 10.1 Å².